The number of rotatable bonds is 4. The lowest BCUT2D eigenvalue weighted by Crippen LogP contribution is -2.34. The molecule has 1 unspecified atom stereocenters. The molecule has 0 aliphatic rings. The van der Waals surface area contributed by atoms with Crippen LogP contribution in [0, 0.1) is 0 Å². The third-order valence-corrected chi connectivity index (χ3v) is 2.28. The topological polar surface area (TPSA) is 43.8 Å². The van der Waals surface area contributed by atoms with E-state index in [-0.39, 0.29) is 6.54 Å². The lowest BCUT2D eigenvalue weighted by atomic mass is 9.96. The summed E-state index contributed by atoms with van der Waals surface area (Å²) in [6.45, 7) is 1.88. The normalized spacial score (nSPS) is 15.7. The van der Waals surface area contributed by atoms with Crippen LogP contribution in [0.25, 0.3) is 0 Å². The average Bonchev–Trinajstić information content (AvgIpc) is 2.51. The Bertz CT molecular complexity index is 266. The van der Waals surface area contributed by atoms with Crippen LogP contribution >= 0.6 is 0 Å². The molecule has 0 radical (unpaired) electrons. The second kappa shape index (κ2) is 3.87. The van der Waals surface area contributed by atoms with Gasteiger partial charge in [-0.1, -0.05) is 6.92 Å². The molecule has 0 saturated carbocycles. The summed E-state index contributed by atoms with van der Waals surface area (Å²) in [7, 11) is 1.82. The van der Waals surface area contributed by atoms with Gasteiger partial charge in [0.05, 0.1) is 6.20 Å². The van der Waals surface area contributed by atoms with Crippen molar-refractivity contribution in [2.45, 2.75) is 25.4 Å². The van der Waals surface area contributed by atoms with E-state index in [1.54, 1.807) is 10.9 Å². The highest BCUT2D eigenvalue weighted by Crippen LogP contribution is 2.20. The molecule has 0 fully saturated rings. The fourth-order valence-corrected chi connectivity index (χ4v) is 1.27. The van der Waals surface area contributed by atoms with Crippen molar-refractivity contribution in [3.63, 3.8) is 0 Å². The zero-order valence-corrected chi connectivity index (χ0v) is 8.13. The summed E-state index contributed by atoms with van der Waals surface area (Å²) in [5.74, 6) is 0. The third kappa shape index (κ3) is 2.52. The fourth-order valence-electron chi connectivity index (χ4n) is 1.27. The number of hydrogen-bond acceptors (Lipinski definition) is 2. The summed E-state index contributed by atoms with van der Waals surface area (Å²) in [5.41, 5.74) is 5.00. The van der Waals surface area contributed by atoms with Crippen molar-refractivity contribution in [3.8, 4) is 0 Å². The quantitative estimate of drug-likeness (QED) is 0.761. The van der Waals surface area contributed by atoms with Crippen LogP contribution in [0.4, 0.5) is 4.39 Å². The summed E-state index contributed by atoms with van der Waals surface area (Å²) in [5, 5.41) is 3.98. The van der Waals surface area contributed by atoms with Crippen LogP contribution in [-0.4, -0.2) is 22.0 Å². The van der Waals surface area contributed by atoms with Gasteiger partial charge in [-0.25, -0.2) is 4.39 Å². The van der Waals surface area contributed by atoms with Crippen LogP contribution in [0.3, 0.4) is 0 Å². The van der Waals surface area contributed by atoms with E-state index in [2.05, 4.69) is 5.10 Å². The predicted molar refractivity (Wildman–Crippen MR) is 50.1 cm³/mol. The van der Waals surface area contributed by atoms with Gasteiger partial charge in [-0.3, -0.25) is 4.68 Å². The molecule has 2 N–H and O–H groups in total. The van der Waals surface area contributed by atoms with Gasteiger partial charge in [0, 0.05) is 26.2 Å². The first kappa shape index (κ1) is 10.2. The van der Waals surface area contributed by atoms with Crippen molar-refractivity contribution in [2.75, 3.05) is 6.54 Å². The largest absolute Gasteiger partial charge is 0.328 e. The highest BCUT2D eigenvalue weighted by atomic mass is 19.1. The van der Waals surface area contributed by atoms with Crippen molar-refractivity contribution in [1.29, 1.82) is 0 Å². The highest BCUT2D eigenvalue weighted by molar-refractivity contribution is 5.08. The maximum absolute atomic E-state index is 13.8. The smallest absolute Gasteiger partial charge is 0.127 e. The van der Waals surface area contributed by atoms with E-state index in [1.165, 1.54) is 0 Å². The Kier molecular flexibility index (Phi) is 3.03. The van der Waals surface area contributed by atoms with Crippen molar-refractivity contribution in [2.24, 2.45) is 12.8 Å². The molecule has 0 aliphatic carbocycles. The first-order valence-corrected chi connectivity index (χ1v) is 4.46. The third-order valence-electron chi connectivity index (χ3n) is 2.28. The number of aromatic nitrogens is 2. The molecule has 1 heterocycles. The van der Waals surface area contributed by atoms with E-state index >= 15 is 0 Å². The highest BCUT2D eigenvalue weighted by Gasteiger charge is 2.26. The molecule has 74 valence electrons. The van der Waals surface area contributed by atoms with E-state index in [0.29, 0.717) is 12.8 Å². The van der Waals surface area contributed by atoms with Crippen LogP contribution < -0.4 is 5.73 Å². The van der Waals surface area contributed by atoms with Gasteiger partial charge < -0.3 is 5.73 Å². The molecule has 1 atom stereocenters. The average molecular weight is 185 g/mol. The van der Waals surface area contributed by atoms with E-state index in [9.17, 15) is 4.39 Å². The molecule has 0 spiro atoms. The Balaban J connectivity index is 2.67. The first-order valence-electron chi connectivity index (χ1n) is 4.46. The fraction of sp³-hybridized carbons (Fsp3) is 0.667. The lowest BCUT2D eigenvalue weighted by Gasteiger charge is -2.20. The number of nitrogens with two attached hydrogens (primary N) is 1. The van der Waals surface area contributed by atoms with Crippen molar-refractivity contribution in [3.05, 3.63) is 18.0 Å². The minimum Gasteiger partial charge on any atom is -0.328 e. The molecule has 0 aliphatic heterocycles. The van der Waals surface area contributed by atoms with Crippen molar-refractivity contribution >= 4 is 0 Å². The zero-order chi connectivity index (χ0) is 9.90. The molecule has 0 aromatic carbocycles. The molecular formula is C9H16FN3. The number of nitrogens with zero attached hydrogens (tertiary/aromatic N) is 2. The number of aryl methyl sites for hydroxylation is 1. The van der Waals surface area contributed by atoms with Gasteiger partial charge in [-0.05, 0) is 12.0 Å². The standard InChI is InChI=1S/C9H16FN3/c1-3-9(10,7-11)4-8-5-12-13(2)6-8/h5-6H,3-4,7,11H2,1-2H3. The van der Waals surface area contributed by atoms with E-state index in [1.807, 2.05) is 20.2 Å². The minimum absolute atomic E-state index is 0.0679. The monoisotopic (exact) mass is 185 g/mol. The van der Waals surface area contributed by atoms with Crippen LogP contribution in [0.15, 0.2) is 12.4 Å². The van der Waals surface area contributed by atoms with Crippen LogP contribution in [0.2, 0.25) is 0 Å². The summed E-state index contributed by atoms with van der Waals surface area (Å²) in [4.78, 5) is 0. The molecule has 13 heavy (non-hydrogen) atoms. The van der Waals surface area contributed by atoms with Crippen molar-refractivity contribution in [1.82, 2.24) is 9.78 Å². The number of halogens is 1. The first-order chi connectivity index (χ1) is 6.09. The molecule has 3 nitrogen and oxygen atoms in total. The molecule has 0 bridgehead atoms. The summed E-state index contributed by atoms with van der Waals surface area (Å²) in [6.07, 6.45) is 4.30. The molecule has 1 aromatic rings. The van der Waals surface area contributed by atoms with Crippen molar-refractivity contribution < 1.29 is 4.39 Å². The Morgan fingerprint density at radius 2 is 2.38 bits per heavy atom. The van der Waals surface area contributed by atoms with Gasteiger partial charge in [0.25, 0.3) is 0 Å². The summed E-state index contributed by atoms with van der Waals surface area (Å²) in [6, 6.07) is 0. The lowest BCUT2D eigenvalue weighted by molar-refractivity contribution is 0.167. The summed E-state index contributed by atoms with van der Waals surface area (Å²) >= 11 is 0. The van der Waals surface area contributed by atoms with Gasteiger partial charge in [-0.2, -0.15) is 5.10 Å². The van der Waals surface area contributed by atoms with Gasteiger partial charge in [0.2, 0.25) is 0 Å². The van der Waals surface area contributed by atoms with Gasteiger partial charge in [0.1, 0.15) is 5.67 Å². The van der Waals surface area contributed by atoms with E-state index < -0.39 is 5.67 Å². The molecular weight excluding hydrogens is 169 g/mol. The molecule has 0 saturated heterocycles. The Morgan fingerprint density at radius 3 is 2.77 bits per heavy atom. The number of hydrogen-bond donors (Lipinski definition) is 1. The molecule has 1 rings (SSSR count). The Morgan fingerprint density at radius 1 is 1.69 bits per heavy atom. The zero-order valence-electron chi connectivity index (χ0n) is 8.13. The Hall–Kier alpha value is -0.900. The van der Waals surface area contributed by atoms with Gasteiger partial charge >= 0.3 is 0 Å². The van der Waals surface area contributed by atoms with E-state index in [0.717, 1.165) is 5.56 Å². The maximum atomic E-state index is 13.8. The van der Waals surface area contributed by atoms with Crippen LogP contribution in [0.1, 0.15) is 18.9 Å². The number of alkyl halides is 1. The Labute approximate surface area is 77.7 Å². The summed E-state index contributed by atoms with van der Waals surface area (Å²) < 4.78 is 15.5. The van der Waals surface area contributed by atoms with Crippen LogP contribution in [-0.2, 0) is 13.5 Å². The van der Waals surface area contributed by atoms with E-state index in [4.69, 9.17) is 5.73 Å². The van der Waals surface area contributed by atoms with Crippen LogP contribution in [0.5, 0.6) is 0 Å². The second-order valence-electron chi connectivity index (χ2n) is 3.41. The molecule has 4 heteroatoms. The van der Waals surface area contributed by atoms with Gasteiger partial charge in [-0.15, -0.1) is 0 Å². The second-order valence-corrected chi connectivity index (χ2v) is 3.41. The minimum atomic E-state index is -1.27. The van der Waals surface area contributed by atoms with Gasteiger partial charge in [0.15, 0.2) is 0 Å². The molecule has 1 aromatic heterocycles. The maximum Gasteiger partial charge on any atom is 0.127 e. The molecule has 0 amide bonds. The SMILES string of the molecule is CCC(F)(CN)Cc1cnn(C)c1. The predicted octanol–water partition coefficient (Wildman–Crippen LogP) is 1.04.